The van der Waals surface area contributed by atoms with Crippen molar-refractivity contribution < 1.29 is 19.4 Å². The number of nitrogens with zero attached hydrogens (tertiary/aromatic N) is 2. The predicted molar refractivity (Wildman–Crippen MR) is 163 cm³/mol. The number of piperidine rings is 1. The molecule has 3 aromatic rings. The van der Waals surface area contributed by atoms with Crippen molar-refractivity contribution in [3.63, 3.8) is 0 Å². The Morgan fingerprint density at radius 2 is 1.68 bits per heavy atom. The smallest absolute Gasteiger partial charge is 0.323 e. The molecule has 0 saturated carbocycles. The van der Waals surface area contributed by atoms with E-state index in [9.17, 15) is 9.59 Å². The summed E-state index contributed by atoms with van der Waals surface area (Å²) in [6, 6.07) is 26.8. The molecule has 40 heavy (non-hydrogen) atoms. The number of benzene rings is 3. The summed E-state index contributed by atoms with van der Waals surface area (Å²) in [7, 11) is 0. The molecule has 0 aromatic heterocycles. The SMILES string of the molecule is O=C(O)CN1C(=O)C(=Cc2ccc(OCc3ccccc3)c(CN3CCC(Cc4ccccc4)CC3)c2)SC1=S. The van der Waals surface area contributed by atoms with E-state index in [1.54, 1.807) is 6.08 Å². The second-order valence-corrected chi connectivity index (χ2v) is 11.9. The number of rotatable bonds is 10. The quantitative estimate of drug-likeness (QED) is 0.236. The van der Waals surface area contributed by atoms with Gasteiger partial charge in [-0.05, 0) is 73.2 Å². The molecule has 206 valence electrons. The first kappa shape index (κ1) is 28.1. The fraction of sp³-hybridized carbons (Fsp3) is 0.281. The number of carbonyl (C=O) groups is 2. The van der Waals surface area contributed by atoms with Crippen molar-refractivity contribution in [1.29, 1.82) is 0 Å². The molecule has 0 aliphatic carbocycles. The third-order valence-corrected chi connectivity index (χ3v) is 8.63. The van der Waals surface area contributed by atoms with Crippen molar-refractivity contribution in [3.8, 4) is 5.75 Å². The number of aliphatic carboxylic acids is 1. The van der Waals surface area contributed by atoms with Crippen LogP contribution >= 0.6 is 24.0 Å². The molecule has 2 heterocycles. The van der Waals surface area contributed by atoms with Crippen LogP contribution in [0, 0.1) is 5.92 Å². The van der Waals surface area contributed by atoms with Crippen molar-refractivity contribution in [2.75, 3.05) is 19.6 Å². The Hall–Kier alpha value is -3.46. The molecule has 2 aliphatic heterocycles. The minimum Gasteiger partial charge on any atom is -0.489 e. The van der Waals surface area contributed by atoms with Crippen LogP contribution in [0.15, 0.2) is 83.8 Å². The number of thioether (sulfide) groups is 1. The lowest BCUT2D eigenvalue weighted by Crippen LogP contribution is -2.34. The van der Waals surface area contributed by atoms with E-state index in [1.165, 1.54) is 5.56 Å². The monoisotopic (exact) mass is 572 g/mol. The van der Waals surface area contributed by atoms with Crippen LogP contribution in [0.25, 0.3) is 6.08 Å². The molecule has 0 atom stereocenters. The standard InChI is InChI=1S/C32H32N2O4S2/c35-30(36)21-34-31(37)29(40-32(34)39)19-26-11-12-28(38-22-25-9-5-2-6-10-25)27(18-26)20-33-15-13-24(14-16-33)17-23-7-3-1-4-8-23/h1-12,18-19,24H,13-17,20-22H2,(H,35,36). The molecule has 1 amide bonds. The number of amides is 1. The minimum atomic E-state index is -1.09. The molecule has 8 heteroatoms. The molecule has 2 fully saturated rings. The molecule has 2 saturated heterocycles. The molecular weight excluding hydrogens is 540 g/mol. The van der Waals surface area contributed by atoms with Gasteiger partial charge in [0.15, 0.2) is 0 Å². The van der Waals surface area contributed by atoms with Crippen LogP contribution < -0.4 is 4.74 Å². The summed E-state index contributed by atoms with van der Waals surface area (Å²) >= 11 is 6.39. The number of hydrogen-bond acceptors (Lipinski definition) is 6. The largest absolute Gasteiger partial charge is 0.489 e. The van der Waals surface area contributed by atoms with Crippen molar-refractivity contribution in [3.05, 3.63) is 106 Å². The van der Waals surface area contributed by atoms with Gasteiger partial charge in [-0.25, -0.2) is 0 Å². The van der Waals surface area contributed by atoms with E-state index >= 15 is 0 Å². The van der Waals surface area contributed by atoms with E-state index in [4.69, 9.17) is 22.1 Å². The summed E-state index contributed by atoms with van der Waals surface area (Å²) in [4.78, 5) is 28.0. The van der Waals surface area contributed by atoms with Crippen LogP contribution in [0.2, 0.25) is 0 Å². The summed E-state index contributed by atoms with van der Waals surface area (Å²) in [6.45, 7) is 2.84. The molecule has 3 aromatic carbocycles. The van der Waals surface area contributed by atoms with E-state index in [0.717, 1.165) is 78.0 Å². The van der Waals surface area contributed by atoms with Gasteiger partial charge in [-0.1, -0.05) is 90.7 Å². The highest BCUT2D eigenvalue weighted by Gasteiger charge is 2.33. The second-order valence-electron chi connectivity index (χ2n) is 10.2. The van der Waals surface area contributed by atoms with Gasteiger partial charge in [-0.3, -0.25) is 19.4 Å². The Balaban J connectivity index is 1.31. The second kappa shape index (κ2) is 13.3. The third-order valence-electron chi connectivity index (χ3n) is 7.25. The van der Waals surface area contributed by atoms with Gasteiger partial charge < -0.3 is 9.84 Å². The van der Waals surface area contributed by atoms with E-state index < -0.39 is 12.5 Å². The van der Waals surface area contributed by atoms with Gasteiger partial charge in [0.05, 0.1) is 4.91 Å². The Labute approximate surface area is 244 Å². The number of carbonyl (C=O) groups excluding carboxylic acids is 1. The Kier molecular flexibility index (Phi) is 9.31. The van der Waals surface area contributed by atoms with E-state index in [-0.39, 0.29) is 10.2 Å². The average molecular weight is 573 g/mol. The molecule has 0 bridgehead atoms. The molecule has 0 radical (unpaired) electrons. The third kappa shape index (κ3) is 7.38. The van der Waals surface area contributed by atoms with Crippen molar-refractivity contribution in [2.45, 2.75) is 32.4 Å². The molecule has 6 nitrogen and oxygen atoms in total. The van der Waals surface area contributed by atoms with Crippen LogP contribution in [0.5, 0.6) is 5.75 Å². The summed E-state index contributed by atoms with van der Waals surface area (Å²) in [5, 5.41) is 9.13. The normalized spacial score (nSPS) is 17.5. The highest BCUT2D eigenvalue weighted by Crippen LogP contribution is 2.34. The van der Waals surface area contributed by atoms with E-state index in [2.05, 4.69) is 41.3 Å². The first-order chi connectivity index (χ1) is 19.4. The summed E-state index contributed by atoms with van der Waals surface area (Å²) in [5.41, 5.74) is 4.42. The molecule has 0 unspecified atom stereocenters. The first-order valence-corrected chi connectivity index (χ1v) is 14.7. The van der Waals surface area contributed by atoms with Gasteiger partial charge in [-0.15, -0.1) is 0 Å². The first-order valence-electron chi connectivity index (χ1n) is 13.5. The highest BCUT2D eigenvalue weighted by molar-refractivity contribution is 8.26. The maximum absolute atomic E-state index is 12.8. The fourth-order valence-corrected chi connectivity index (χ4v) is 6.40. The molecule has 0 spiro atoms. The van der Waals surface area contributed by atoms with Gasteiger partial charge >= 0.3 is 5.97 Å². The summed E-state index contributed by atoms with van der Waals surface area (Å²) < 4.78 is 6.54. The predicted octanol–water partition coefficient (Wildman–Crippen LogP) is 6.01. The van der Waals surface area contributed by atoms with Gasteiger partial charge in [0.2, 0.25) is 0 Å². The lowest BCUT2D eigenvalue weighted by molar-refractivity contribution is -0.140. The zero-order valence-corrected chi connectivity index (χ0v) is 23.8. The minimum absolute atomic E-state index is 0.264. The molecule has 5 rings (SSSR count). The number of carboxylic acid groups (broad SMARTS) is 1. The number of ether oxygens (including phenoxy) is 1. The van der Waals surface area contributed by atoms with Gasteiger partial charge in [-0.2, -0.15) is 0 Å². The van der Waals surface area contributed by atoms with Crippen LogP contribution in [0.1, 0.15) is 35.1 Å². The topological polar surface area (TPSA) is 70.1 Å². The number of carboxylic acids is 1. The Bertz CT molecular complexity index is 1390. The highest BCUT2D eigenvalue weighted by atomic mass is 32.2. The van der Waals surface area contributed by atoms with E-state index in [0.29, 0.717) is 17.4 Å². The lowest BCUT2D eigenvalue weighted by Gasteiger charge is -2.32. The van der Waals surface area contributed by atoms with Gasteiger partial charge in [0.25, 0.3) is 5.91 Å². The maximum atomic E-state index is 12.8. The number of hydrogen-bond donors (Lipinski definition) is 1. The molecule has 2 aliphatic rings. The summed E-state index contributed by atoms with van der Waals surface area (Å²) in [5.74, 6) is 0.0495. The number of likely N-dealkylation sites (tertiary alicyclic amines) is 1. The van der Waals surface area contributed by atoms with Crippen LogP contribution in [0.3, 0.4) is 0 Å². The number of thiocarbonyl (C=S) groups is 1. The Morgan fingerprint density at radius 3 is 2.35 bits per heavy atom. The zero-order valence-electron chi connectivity index (χ0n) is 22.2. The van der Waals surface area contributed by atoms with Crippen molar-refractivity contribution >= 4 is 46.3 Å². The fourth-order valence-electron chi connectivity index (χ4n) is 5.15. The lowest BCUT2D eigenvalue weighted by atomic mass is 9.90. The zero-order chi connectivity index (χ0) is 27.9. The maximum Gasteiger partial charge on any atom is 0.323 e. The molecule has 1 N–H and O–H groups in total. The van der Waals surface area contributed by atoms with Gasteiger partial charge in [0.1, 0.15) is 23.2 Å². The van der Waals surface area contributed by atoms with Crippen LogP contribution in [-0.4, -0.2) is 50.7 Å². The van der Waals surface area contributed by atoms with Crippen LogP contribution in [-0.2, 0) is 29.2 Å². The van der Waals surface area contributed by atoms with Crippen molar-refractivity contribution in [1.82, 2.24) is 9.80 Å². The van der Waals surface area contributed by atoms with Gasteiger partial charge in [0, 0.05) is 12.1 Å². The average Bonchev–Trinajstić information content (AvgIpc) is 3.21. The summed E-state index contributed by atoms with van der Waals surface area (Å²) in [6.07, 6.45) is 5.22. The van der Waals surface area contributed by atoms with Crippen molar-refractivity contribution in [2.24, 2.45) is 5.92 Å². The Morgan fingerprint density at radius 1 is 1.00 bits per heavy atom. The van der Waals surface area contributed by atoms with Crippen LogP contribution in [0.4, 0.5) is 0 Å². The van der Waals surface area contributed by atoms with E-state index in [1.807, 2.05) is 42.5 Å². The molecular formula is C32H32N2O4S2.